The fourth-order valence-electron chi connectivity index (χ4n) is 4.92. The Balaban J connectivity index is 1.40. The van der Waals surface area contributed by atoms with Gasteiger partial charge in [0.15, 0.2) is 23.0 Å². The number of amides is 1. The second-order valence-corrected chi connectivity index (χ2v) is 10.6. The molecule has 8 nitrogen and oxygen atoms in total. The van der Waals surface area contributed by atoms with Crippen molar-refractivity contribution in [2.75, 3.05) is 38.2 Å². The van der Waals surface area contributed by atoms with Crippen LogP contribution in [-0.4, -0.2) is 66.4 Å². The number of hydrogen-bond donors (Lipinski definition) is 3. The number of aryl methyl sites for hydroxylation is 1. The molecule has 0 aromatic heterocycles. The lowest BCUT2D eigenvalue weighted by Crippen LogP contribution is -2.56. The van der Waals surface area contributed by atoms with Gasteiger partial charge < -0.3 is 29.9 Å². The molecule has 2 atom stereocenters. The number of hydrogen-bond acceptors (Lipinski definition) is 7. The number of nitrogens with one attached hydrogen (secondary N) is 1. The van der Waals surface area contributed by atoms with Gasteiger partial charge in [-0.05, 0) is 67.8 Å². The van der Waals surface area contributed by atoms with Gasteiger partial charge in [-0.25, -0.2) is 0 Å². The van der Waals surface area contributed by atoms with Gasteiger partial charge in [0.05, 0.1) is 7.11 Å². The number of methoxy groups -OCH3 is 1. The zero-order valence-electron chi connectivity index (χ0n) is 23.3. The molecule has 1 fully saturated rings. The van der Waals surface area contributed by atoms with Crippen molar-refractivity contribution >= 4 is 11.6 Å². The Bertz CT molecular complexity index is 1290. The van der Waals surface area contributed by atoms with Crippen LogP contribution in [0.2, 0.25) is 0 Å². The van der Waals surface area contributed by atoms with Crippen molar-refractivity contribution in [3.63, 3.8) is 0 Å². The molecule has 3 aromatic rings. The van der Waals surface area contributed by atoms with Crippen molar-refractivity contribution in [3.8, 4) is 28.7 Å². The Hall–Kier alpha value is -3.91. The Morgan fingerprint density at radius 3 is 2.51 bits per heavy atom. The van der Waals surface area contributed by atoms with E-state index < -0.39 is 0 Å². The van der Waals surface area contributed by atoms with Crippen molar-refractivity contribution in [1.29, 1.82) is 0 Å². The second-order valence-electron chi connectivity index (χ2n) is 10.6. The molecule has 3 N–H and O–H groups in total. The zero-order chi connectivity index (χ0) is 28.1. The Morgan fingerprint density at radius 1 is 1.03 bits per heavy atom. The molecule has 1 saturated heterocycles. The molecule has 1 aliphatic rings. The number of phenols is 2. The molecular weight excluding hydrogens is 494 g/mol. The van der Waals surface area contributed by atoms with Crippen LogP contribution in [0.15, 0.2) is 60.7 Å². The Labute approximate surface area is 230 Å². The SMILES string of the molecule is COc1cc(C(=O)N[C@H](CN2CCN(c3cccc(O)c3)[C@@H](C)C2)C(C)C)ccc1Oc1cc(C)ccc1O. The van der Waals surface area contributed by atoms with E-state index in [0.717, 1.165) is 37.4 Å². The van der Waals surface area contributed by atoms with E-state index in [2.05, 4.69) is 35.9 Å². The summed E-state index contributed by atoms with van der Waals surface area (Å²) in [5, 5.41) is 23.2. The first-order valence-corrected chi connectivity index (χ1v) is 13.4. The highest BCUT2D eigenvalue weighted by Crippen LogP contribution is 2.37. The smallest absolute Gasteiger partial charge is 0.251 e. The number of carbonyl (C=O) groups excluding carboxylic acids is 1. The highest BCUT2D eigenvalue weighted by Gasteiger charge is 2.28. The lowest BCUT2D eigenvalue weighted by Gasteiger charge is -2.42. The summed E-state index contributed by atoms with van der Waals surface area (Å²) in [7, 11) is 1.52. The fourth-order valence-corrected chi connectivity index (χ4v) is 4.92. The number of phenolic OH excluding ortho intramolecular Hbond substituents is 2. The van der Waals surface area contributed by atoms with Crippen LogP contribution in [0.25, 0.3) is 0 Å². The third-order valence-corrected chi connectivity index (χ3v) is 7.21. The summed E-state index contributed by atoms with van der Waals surface area (Å²) in [4.78, 5) is 18.0. The minimum Gasteiger partial charge on any atom is -0.508 e. The molecule has 208 valence electrons. The summed E-state index contributed by atoms with van der Waals surface area (Å²) in [6.45, 7) is 11.6. The van der Waals surface area contributed by atoms with Crippen LogP contribution in [0.3, 0.4) is 0 Å². The predicted molar refractivity (Wildman–Crippen MR) is 153 cm³/mol. The maximum Gasteiger partial charge on any atom is 0.251 e. The van der Waals surface area contributed by atoms with Gasteiger partial charge in [-0.2, -0.15) is 0 Å². The summed E-state index contributed by atoms with van der Waals surface area (Å²) in [5.74, 6) is 1.50. The number of rotatable bonds is 9. The average molecular weight is 534 g/mol. The first-order valence-electron chi connectivity index (χ1n) is 13.4. The molecule has 1 amide bonds. The van der Waals surface area contributed by atoms with Crippen LogP contribution in [-0.2, 0) is 0 Å². The molecule has 8 heteroatoms. The highest BCUT2D eigenvalue weighted by molar-refractivity contribution is 5.95. The highest BCUT2D eigenvalue weighted by atomic mass is 16.5. The molecule has 0 aliphatic carbocycles. The summed E-state index contributed by atoms with van der Waals surface area (Å²) in [6, 6.07) is 17.8. The molecule has 0 radical (unpaired) electrons. The third kappa shape index (κ3) is 6.95. The van der Waals surface area contributed by atoms with Crippen molar-refractivity contribution in [2.24, 2.45) is 5.92 Å². The Morgan fingerprint density at radius 2 is 1.82 bits per heavy atom. The maximum atomic E-state index is 13.3. The van der Waals surface area contributed by atoms with Crippen molar-refractivity contribution in [1.82, 2.24) is 10.2 Å². The predicted octanol–water partition coefficient (Wildman–Crippen LogP) is 5.17. The van der Waals surface area contributed by atoms with Gasteiger partial charge >= 0.3 is 0 Å². The summed E-state index contributed by atoms with van der Waals surface area (Å²) in [6.07, 6.45) is 0. The van der Waals surface area contributed by atoms with Crippen LogP contribution in [0.5, 0.6) is 28.7 Å². The van der Waals surface area contributed by atoms with Gasteiger partial charge in [-0.15, -0.1) is 0 Å². The second kappa shape index (κ2) is 12.3. The van der Waals surface area contributed by atoms with E-state index >= 15 is 0 Å². The summed E-state index contributed by atoms with van der Waals surface area (Å²) >= 11 is 0. The van der Waals surface area contributed by atoms with E-state index in [-0.39, 0.29) is 35.4 Å². The molecule has 4 rings (SSSR count). The molecule has 0 spiro atoms. The molecule has 1 aliphatic heterocycles. The third-order valence-electron chi connectivity index (χ3n) is 7.21. The molecule has 0 saturated carbocycles. The van der Waals surface area contributed by atoms with E-state index in [9.17, 15) is 15.0 Å². The zero-order valence-corrected chi connectivity index (χ0v) is 23.3. The van der Waals surface area contributed by atoms with E-state index in [4.69, 9.17) is 9.47 Å². The molecule has 3 aromatic carbocycles. The number of nitrogens with zero attached hydrogens (tertiary/aromatic N) is 2. The monoisotopic (exact) mass is 533 g/mol. The molecule has 0 bridgehead atoms. The molecule has 39 heavy (non-hydrogen) atoms. The number of carbonyl (C=O) groups is 1. The van der Waals surface area contributed by atoms with Crippen LogP contribution in [0.1, 0.15) is 36.7 Å². The van der Waals surface area contributed by atoms with Crippen LogP contribution in [0, 0.1) is 12.8 Å². The fraction of sp³-hybridized carbons (Fsp3) is 0.387. The summed E-state index contributed by atoms with van der Waals surface area (Å²) < 4.78 is 11.4. The van der Waals surface area contributed by atoms with Gasteiger partial charge in [0.1, 0.15) is 5.75 Å². The topological polar surface area (TPSA) is 94.5 Å². The number of ether oxygens (including phenoxy) is 2. The lowest BCUT2D eigenvalue weighted by atomic mass is 10.0. The number of benzene rings is 3. The first kappa shape index (κ1) is 28.1. The van der Waals surface area contributed by atoms with Crippen LogP contribution in [0.4, 0.5) is 5.69 Å². The van der Waals surface area contributed by atoms with E-state index in [1.54, 1.807) is 48.5 Å². The van der Waals surface area contributed by atoms with Crippen LogP contribution >= 0.6 is 0 Å². The van der Waals surface area contributed by atoms with E-state index in [0.29, 0.717) is 22.8 Å². The van der Waals surface area contributed by atoms with Gasteiger partial charge in [-0.3, -0.25) is 9.69 Å². The van der Waals surface area contributed by atoms with E-state index in [1.807, 2.05) is 19.1 Å². The maximum absolute atomic E-state index is 13.3. The Kier molecular flexibility index (Phi) is 8.86. The molecule has 0 unspecified atom stereocenters. The number of aromatic hydroxyl groups is 2. The largest absolute Gasteiger partial charge is 0.508 e. The van der Waals surface area contributed by atoms with Crippen molar-refractivity contribution < 1.29 is 24.5 Å². The normalized spacial score (nSPS) is 16.7. The van der Waals surface area contributed by atoms with Gasteiger partial charge in [0.2, 0.25) is 0 Å². The average Bonchev–Trinajstić information content (AvgIpc) is 2.90. The minimum absolute atomic E-state index is 0.0290. The number of anilines is 1. The summed E-state index contributed by atoms with van der Waals surface area (Å²) in [5.41, 5.74) is 2.45. The minimum atomic E-state index is -0.177. The van der Waals surface area contributed by atoms with Gasteiger partial charge in [0, 0.05) is 55.6 Å². The molecule has 1 heterocycles. The van der Waals surface area contributed by atoms with E-state index in [1.165, 1.54) is 7.11 Å². The number of piperazine rings is 1. The first-order chi connectivity index (χ1) is 18.6. The van der Waals surface area contributed by atoms with Crippen molar-refractivity contribution in [3.05, 3.63) is 71.8 Å². The quantitative estimate of drug-likeness (QED) is 0.349. The standard InChI is InChI=1S/C31H39N3O5/c1-20(2)26(19-33-13-14-34(22(4)18-33)24-7-6-8-25(35)17-24)32-31(37)23-10-12-28(30(16-23)38-5)39-29-15-21(3)9-11-27(29)36/h6-12,15-17,20,22,26,35-36H,13-14,18-19H2,1-5H3,(H,32,37)/t22-,26+/m0/s1. The van der Waals surface area contributed by atoms with Crippen LogP contribution < -0.4 is 19.7 Å². The van der Waals surface area contributed by atoms with Gasteiger partial charge in [0.25, 0.3) is 5.91 Å². The lowest BCUT2D eigenvalue weighted by molar-refractivity contribution is 0.0902. The molecular formula is C31H39N3O5. The van der Waals surface area contributed by atoms with Gasteiger partial charge in [-0.1, -0.05) is 26.0 Å². The van der Waals surface area contributed by atoms with Crippen molar-refractivity contribution in [2.45, 2.75) is 39.8 Å².